The minimum Gasteiger partial charge on any atom is -0.493 e. The average Bonchev–Trinajstić information content (AvgIpc) is 2.75. The largest absolute Gasteiger partial charge is 0.493 e. The number of aromatic nitrogens is 2. The molecule has 16 heavy (non-hydrogen) atoms. The molecule has 1 heterocycles. The zero-order chi connectivity index (χ0) is 11.5. The van der Waals surface area contributed by atoms with Gasteiger partial charge < -0.3 is 9.47 Å². The van der Waals surface area contributed by atoms with Gasteiger partial charge in [-0.05, 0) is 18.2 Å². The van der Waals surface area contributed by atoms with Crippen LogP contribution in [0.15, 0.2) is 27.5 Å². The van der Waals surface area contributed by atoms with Gasteiger partial charge in [-0.25, -0.2) is 4.79 Å². The lowest BCUT2D eigenvalue weighted by Gasteiger charge is -2.07. The van der Waals surface area contributed by atoms with Crippen molar-refractivity contribution in [2.45, 2.75) is 0 Å². The van der Waals surface area contributed by atoms with Crippen LogP contribution in [0.25, 0.3) is 11.4 Å². The number of hydrogen-bond donors (Lipinski definition) is 1. The normalized spacial score (nSPS) is 10.1. The van der Waals surface area contributed by atoms with Crippen LogP contribution < -0.4 is 15.2 Å². The molecule has 0 bridgehead atoms. The molecule has 0 fully saturated rings. The zero-order valence-corrected chi connectivity index (χ0v) is 8.81. The maximum atomic E-state index is 10.8. The molecular formula is C10H10N2O4. The summed E-state index contributed by atoms with van der Waals surface area (Å²) < 4.78 is 14.6. The number of hydrogen-bond acceptors (Lipinski definition) is 5. The second-order valence-electron chi connectivity index (χ2n) is 3.01. The summed E-state index contributed by atoms with van der Waals surface area (Å²) in [6.45, 7) is 0. The smallest absolute Gasteiger partial charge is 0.439 e. The van der Waals surface area contributed by atoms with Crippen LogP contribution in [0.2, 0.25) is 0 Å². The lowest BCUT2D eigenvalue weighted by Crippen LogP contribution is -1.95. The third-order valence-corrected chi connectivity index (χ3v) is 2.10. The van der Waals surface area contributed by atoms with E-state index in [0.717, 1.165) is 0 Å². The van der Waals surface area contributed by atoms with Crippen molar-refractivity contribution in [3.8, 4) is 22.9 Å². The number of aromatic amines is 1. The molecule has 0 amide bonds. The fraction of sp³-hybridized carbons (Fsp3) is 0.200. The van der Waals surface area contributed by atoms with Crippen molar-refractivity contribution in [2.24, 2.45) is 0 Å². The number of nitrogens with one attached hydrogen (secondary N) is 1. The molecule has 84 valence electrons. The van der Waals surface area contributed by atoms with Crippen LogP contribution >= 0.6 is 0 Å². The van der Waals surface area contributed by atoms with Gasteiger partial charge in [0.2, 0.25) is 0 Å². The number of ether oxygens (including phenoxy) is 2. The van der Waals surface area contributed by atoms with Crippen molar-refractivity contribution in [2.75, 3.05) is 14.2 Å². The zero-order valence-electron chi connectivity index (χ0n) is 8.81. The molecule has 0 aliphatic rings. The second kappa shape index (κ2) is 4.09. The van der Waals surface area contributed by atoms with Crippen molar-refractivity contribution >= 4 is 0 Å². The molecule has 1 aromatic heterocycles. The standard InChI is InChI=1S/C10H10N2O4/c1-14-7-4-3-6(5-8(7)15-2)9-11-10(13)16-12-9/h3-5H,1-2H3,(H,11,12,13). The van der Waals surface area contributed by atoms with Crippen LogP contribution in [0.4, 0.5) is 0 Å². The van der Waals surface area contributed by atoms with Crippen molar-refractivity contribution in [1.82, 2.24) is 10.1 Å². The lowest BCUT2D eigenvalue weighted by atomic mass is 10.2. The van der Waals surface area contributed by atoms with Crippen LogP contribution in [0.3, 0.4) is 0 Å². The lowest BCUT2D eigenvalue weighted by molar-refractivity contribution is 0.355. The van der Waals surface area contributed by atoms with Gasteiger partial charge in [0, 0.05) is 5.56 Å². The molecule has 2 aromatic rings. The van der Waals surface area contributed by atoms with Crippen LogP contribution in [0.1, 0.15) is 0 Å². The highest BCUT2D eigenvalue weighted by molar-refractivity contribution is 5.60. The first-order chi connectivity index (χ1) is 7.74. The van der Waals surface area contributed by atoms with E-state index < -0.39 is 5.76 Å². The Morgan fingerprint density at radius 1 is 1.25 bits per heavy atom. The molecule has 1 N–H and O–H groups in total. The van der Waals surface area contributed by atoms with E-state index in [2.05, 4.69) is 14.7 Å². The molecule has 1 aromatic carbocycles. The third kappa shape index (κ3) is 1.77. The maximum absolute atomic E-state index is 10.8. The number of H-pyrrole nitrogens is 1. The highest BCUT2D eigenvalue weighted by Gasteiger charge is 2.09. The van der Waals surface area contributed by atoms with Gasteiger partial charge in [-0.3, -0.25) is 9.51 Å². The van der Waals surface area contributed by atoms with Gasteiger partial charge in [0.15, 0.2) is 17.3 Å². The summed E-state index contributed by atoms with van der Waals surface area (Å²) in [6, 6.07) is 5.17. The number of nitrogens with zero attached hydrogens (tertiary/aromatic N) is 1. The van der Waals surface area contributed by atoms with Gasteiger partial charge in [0.05, 0.1) is 14.2 Å². The van der Waals surface area contributed by atoms with E-state index in [4.69, 9.17) is 9.47 Å². The minimum atomic E-state index is -0.593. The first kappa shape index (κ1) is 10.3. The Labute approximate surface area is 90.8 Å². The number of methoxy groups -OCH3 is 2. The summed E-state index contributed by atoms with van der Waals surface area (Å²) in [6.07, 6.45) is 0. The summed E-state index contributed by atoms with van der Waals surface area (Å²) in [7, 11) is 3.09. The van der Waals surface area contributed by atoms with E-state index in [1.54, 1.807) is 25.3 Å². The van der Waals surface area contributed by atoms with Gasteiger partial charge >= 0.3 is 5.76 Å². The van der Waals surface area contributed by atoms with Gasteiger partial charge in [-0.1, -0.05) is 5.16 Å². The first-order valence-corrected chi connectivity index (χ1v) is 4.53. The van der Waals surface area contributed by atoms with Crippen LogP contribution in [0, 0.1) is 0 Å². The van der Waals surface area contributed by atoms with Crippen molar-refractivity contribution in [3.63, 3.8) is 0 Å². The fourth-order valence-corrected chi connectivity index (χ4v) is 1.34. The summed E-state index contributed by atoms with van der Waals surface area (Å²) in [5.41, 5.74) is 0.684. The minimum absolute atomic E-state index is 0.353. The van der Waals surface area contributed by atoms with Crippen LogP contribution in [0.5, 0.6) is 11.5 Å². The molecule has 6 heteroatoms. The van der Waals surface area contributed by atoms with Crippen molar-refractivity contribution in [1.29, 1.82) is 0 Å². The summed E-state index contributed by atoms with van der Waals surface area (Å²) in [4.78, 5) is 13.3. The quantitative estimate of drug-likeness (QED) is 0.839. The first-order valence-electron chi connectivity index (χ1n) is 4.53. The van der Waals surface area contributed by atoms with Gasteiger partial charge in [-0.15, -0.1) is 0 Å². The monoisotopic (exact) mass is 222 g/mol. The van der Waals surface area contributed by atoms with Crippen molar-refractivity contribution in [3.05, 3.63) is 28.7 Å². The maximum Gasteiger partial charge on any atom is 0.439 e. The van der Waals surface area contributed by atoms with Crippen LogP contribution in [-0.2, 0) is 0 Å². The summed E-state index contributed by atoms with van der Waals surface area (Å²) in [5.74, 6) is 0.927. The number of rotatable bonds is 3. The van der Waals surface area contributed by atoms with E-state index in [-0.39, 0.29) is 0 Å². The van der Waals surface area contributed by atoms with Gasteiger partial charge in [0.1, 0.15) is 0 Å². The molecule has 0 saturated heterocycles. The third-order valence-electron chi connectivity index (χ3n) is 2.10. The summed E-state index contributed by atoms with van der Waals surface area (Å²) in [5, 5.41) is 3.58. The molecule has 0 aliphatic carbocycles. The Hall–Kier alpha value is -2.24. The average molecular weight is 222 g/mol. The second-order valence-corrected chi connectivity index (χ2v) is 3.01. The Bertz CT molecular complexity index is 544. The number of benzene rings is 1. The topological polar surface area (TPSA) is 77.4 Å². The summed E-state index contributed by atoms with van der Waals surface area (Å²) >= 11 is 0. The Kier molecular flexibility index (Phi) is 2.63. The molecule has 6 nitrogen and oxygen atoms in total. The Morgan fingerprint density at radius 3 is 2.56 bits per heavy atom. The molecule has 0 radical (unpaired) electrons. The molecule has 0 spiro atoms. The highest BCUT2D eigenvalue weighted by Crippen LogP contribution is 2.30. The Morgan fingerprint density at radius 2 is 2.00 bits per heavy atom. The van der Waals surface area contributed by atoms with E-state index in [1.807, 2.05) is 0 Å². The highest BCUT2D eigenvalue weighted by atomic mass is 16.5. The fourth-order valence-electron chi connectivity index (χ4n) is 1.34. The predicted octanol–water partition coefficient (Wildman–Crippen LogP) is 1.05. The predicted molar refractivity (Wildman–Crippen MR) is 55.7 cm³/mol. The molecule has 0 unspecified atom stereocenters. The van der Waals surface area contributed by atoms with Gasteiger partial charge in [0.25, 0.3) is 0 Å². The van der Waals surface area contributed by atoms with Gasteiger partial charge in [-0.2, -0.15) is 0 Å². The molecule has 0 aliphatic heterocycles. The van der Waals surface area contributed by atoms with Crippen molar-refractivity contribution < 1.29 is 14.0 Å². The molecule has 2 rings (SSSR count). The molecule has 0 atom stereocenters. The van der Waals surface area contributed by atoms with E-state index in [9.17, 15) is 4.79 Å². The van der Waals surface area contributed by atoms with E-state index in [0.29, 0.717) is 22.9 Å². The molecular weight excluding hydrogens is 212 g/mol. The molecule has 0 saturated carbocycles. The SMILES string of the molecule is COc1ccc(-c2noc(=O)[nH]2)cc1OC. The van der Waals surface area contributed by atoms with E-state index >= 15 is 0 Å². The van der Waals surface area contributed by atoms with Crippen LogP contribution in [-0.4, -0.2) is 24.4 Å². The Balaban J connectivity index is 2.47. The van der Waals surface area contributed by atoms with E-state index in [1.165, 1.54) is 7.11 Å².